The summed E-state index contributed by atoms with van der Waals surface area (Å²) in [5, 5.41) is 5.19. The van der Waals surface area contributed by atoms with Crippen molar-refractivity contribution in [3.8, 4) is 5.75 Å². The van der Waals surface area contributed by atoms with Gasteiger partial charge in [0.15, 0.2) is 9.84 Å². The summed E-state index contributed by atoms with van der Waals surface area (Å²) in [5.41, 5.74) is 1.55. The first-order valence-corrected chi connectivity index (χ1v) is 11.9. The summed E-state index contributed by atoms with van der Waals surface area (Å²) in [6.07, 6.45) is 0. The van der Waals surface area contributed by atoms with Crippen LogP contribution in [0.3, 0.4) is 0 Å². The van der Waals surface area contributed by atoms with Crippen molar-refractivity contribution in [3.63, 3.8) is 0 Å². The first kappa shape index (κ1) is 23.3. The van der Waals surface area contributed by atoms with Gasteiger partial charge < -0.3 is 20.1 Å². The Balaban J connectivity index is 2.05. The average molecular weight is 459 g/mol. The van der Waals surface area contributed by atoms with Gasteiger partial charge in [-0.2, -0.15) is 0 Å². The molecule has 2 amide bonds. The van der Waals surface area contributed by atoms with Gasteiger partial charge in [0, 0.05) is 5.70 Å². The Morgan fingerprint density at radius 1 is 1.00 bits per heavy atom. The van der Waals surface area contributed by atoms with Crippen LogP contribution in [0.25, 0.3) is 0 Å². The molecule has 1 aliphatic heterocycles. The summed E-state index contributed by atoms with van der Waals surface area (Å²) in [7, 11) is -3.83. The Kier molecular flexibility index (Phi) is 7.19. The van der Waals surface area contributed by atoms with Gasteiger partial charge in [-0.15, -0.1) is 0 Å². The lowest BCUT2D eigenvalue weighted by molar-refractivity contribution is -0.139. The second kappa shape index (κ2) is 9.86. The van der Waals surface area contributed by atoms with Crippen LogP contribution < -0.4 is 15.4 Å². The van der Waals surface area contributed by atoms with E-state index >= 15 is 0 Å². The number of hydrogen-bond acceptors (Lipinski definition) is 6. The summed E-state index contributed by atoms with van der Waals surface area (Å²) in [6.45, 7) is 5.97. The molecule has 0 bridgehead atoms. The number of amides is 2. The lowest BCUT2D eigenvalue weighted by atomic mass is 9.95. The zero-order valence-electron chi connectivity index (χ0n) is 18.2. The number of benzene rings is 2. The lowest BCUT2D eigenvalue weighted by Crippen LogP contribution is -2.47. The van der Waals surface area contributed by atoms with E-state index in [4.69, 9.17) is 9.47 Å². The van der Waals surface area contributed by atoms with Crippen LogP contribution in [0.1, 0.15) is 31.0 Å². The predicted octanol–water partition coefficient (Wildman–Crippen LogP) is 3.04. The molecule has 1 aliphatic rings. The number of esters is 1. The third kappa shape index (κ3) is 5.28. The van der Waals surface area contributed by atoms with Crippen LogP contribution >= 0.6 is 0 Å². The Morgan fingerprint density at radius 3 is 2.25 bits per heavy atom. The largest absolute Gasteiger partial charge is 0.494 e. The van der Waals surface area contributed by atoms with Crippen molar-refractivity contribution in [1.82, 2.24) is 10.6 Å². The number of sulfone groups is 1. The first-order valence-electron chi connectivity index (χ1n) is 10.2. The molecule has 0 saturated heterocycles. The Hall–Kier alpha value is -3.33. The SMILES string of the molecule is CCOC(=O)C1=C(CS(=O)(=O)c2ccc(C)cc2)NC(=O)NC1c1ccc(OCC)cc1. The number of ether oxygens (including phenoxy) is 2. The number of hydrogen-bond donors (Lipinski definition) is 2. The minimum Gasteiger partial charge on any atom is -0.494 e. The average Bonchev–Trinajstić information content (AvgIpc) is 2.74. The standard InChI is InChI=1S/C23H26N2O6S/c1-4-30-17-10-8-16(9-11-17)21-20(22(26)31-5-2)19(24-23(27)25-21)14-32(28,29)18-12-6-15(3)7-13-18/h6-13,21H,4-5,14H2,1-3H3,(H2,24,25,27). The van der Waals surface area contributed by atoms with Crippen LogP contribution in [0.5, 0.6) is 5.75 Å². The van der Waals surface area contributed by atoms with Gasteiger partial charge in [0.2, 0.25) is 0 Å². The molecule has 2 aromatic rings. The van der Waals surface area contributed by atoms with Crippen LogP contribution in [0.15, 0.2) is 64.7 Å². The molecule has 1 atom stereocenters. The van der Waals surface area contributed by atoms with Crippen molar-refractivity contribution < 1.29 is 27.5 Å². The zero-order valence-corrected chi connectivity index (χ0v) is 19.0. The van der Waals surface area contributed by atoms with E-state index in [1.165, 1.54) is 12.1 Å². The highest BCUT2D eigenvalue weighted by Crippen LogP contribution is 2.30. The monoisotopic (exact) mass is 458 g/mol. The number of carbonyl (C=O) groups excluding carboxylic acids is 2. The van der Waals surface area contributed by atoms with E-state index in [9.17, 15) is 18.0 Å². The van der Waals surface area contributed by atoms with Crippen LogP contribution in [-0.2, 0) is 19.4 Å². The summed E-state index contributed by atoms with van der Waals surface area (Å²) in [4.78, 5) is 25.3. The fraction of sp³-hybridized carbons (Fsp3) is 0.304. The molecule has 170 valence electrons. The molecule has 0 saturated carbocycles. The Morgan fingerprint density at radius 2 is 1.66 bits per heavy atom. The fourth-order valence-electron chi connectivity index (χ4n) is 3.37. The van der Waals surface area contributed by atoms with E-state index in [0.717, 1.165) is 5.56 Å². The van der Waals surface area contributed by atoms with Gasteiger partial charge in [-0.3, -0.25) is 0 Å². The van der Waals surface area contributed by atoms with Gasteiger partial charge in [-0.25, -0.2) is 18.0 Å². The topological polar surface area (TPSA) is 111 Å². The molecule has 0 fully saturated rings. The number of rotatable bonds is 8. The smallest absolute Gasteiger partial charge is 0.338 e. The Bertz CT molecular complexity index is 1120. The molecule has 0 radical (unpaired) electrons. The van der Waals surface area contributed by atoms with Crippen molar-refractivity contribution >= 4 is 21.8 Å². The van der Waals surface area contributed by atoms with Gasteiger partial charge >= 0.3 is 12.0 Å². The maximum absolute atomic E-state index is 13.0. The molecule has 0 aliphatic carbocycles. The molecule has 0 spiro atoms. The fourth-order valence-corrected chi connectivity index (χ4v) is 4.70. The maximum Gasteiger partial charge on any atom is 0.338 e. The molecule has 8 nitrogen and oxygen atoms in total. The number of urea groups is 1. The first-order chi connectivity index (χ1) is 15.2. The highest BCUT2D eigenvalue weighted by molar-refractivity contribution is 7.91. The molecule has 0 aromatic heterocycles. The van der Waals surface area contributed by atoms with Crippen molar-refractivity contribution in [2.75, 3.05) is 19.0 Å². The second-order valence-electron chi connectivity index (χ2n) is 7.22. The molecule has 2 aromatic carbocycles. The molecule has 3 rings (SSSR count). The van der Waals surface area contributed by atoms with Crippen molar-refractivity contribution in [3.05, 3.63) is 70.9 Å². The van der Waals surface area contributed by atoms with Gasteiger partial charge in [-0.1, -0.05) is 29.8 Å². The van der Waals surface area contributed by atoms with Crippen LogP contribution in [0.2, 0.25) is 0 Å². The van der Waals surface area contributed by atoms with Gasteiger partial charge in [0.1, 0.15) is 5.75 Å². The molecule has 1 heterocycles. The van der Waals surface area contributed by atoms with Crippen molar-refractivity contribution in [1.29, 1.82) is 0 Å². The molecule has 2 N–H and O–H groups in total. The van der Waals surface area contributed by atoms with E-state index in [1.807, 2.05) is 13.8 Å². The van der Waals surface area contributed by atoms with Crippen molar-refractivity contribution in [2.24, 2.45) is 0 Å². The highest BCUT2D eigenvalue weighted by Gasteiger charge is 2.35. The second-order valence-corrected chi connectivity index (χ2v) is 9.21. The number of aryl methyl sites for hydroxylation is 1. The summed E-state index contributed by atoms with van der Waals surface area (Å²) >= 11 is 0. The van der Waals surface area contributed by atoms with E-state index in [0.29, 0.717) is 17.9 Å². The predicted molar refractivity (Wildman–Crippen MR) is 119 cm³/mol. The van der Waals surface area contributed by atoms with E-state index in [1.54, 1.807) is 43.3 Å². The molecular weight excluding hydrogens is 432 g/mol. The molecule has 1 unspecified atom stereocenters. The summed E-state index contributed by atoms with van der Waals surface area (Å²) < 4.78 is 36.7. The minimum absolute atomic E-state index is 0.00772. The Labute approximate surface area is 187 Å². The van der Waals surface area contributed by atoms with Gasteiger partial charge in [0.05, 0.1) is 35.5 Å². The molecule has 9 heteroatoms. The molecular formula is C23H26N2O6S. The van der Waals surface area contributed by atoms with E-state index in [2.05, 4.69) is 10.6 Å². The quantitative estimate of drug-likeness (QED) is 0.589. The van der Waals surface area contributed by atoms with Gasteiger partial charge in [0.25, 0.3) is 0 Å². The minimum atomic E-state index is -3.83. The summed E-state index contributed by atoms with van der Waals surface area (Å²) in [5.74, 6) is -0.612. The molecule has 32 heavy (non-hydrogen) atoms. The summed E-state index contributed by atoms with van der Waals surface area (Å²) in [6, 6.07) is 11.8. The zero-order chi connectivity index (χ0) is 23.3. The van der Waals surface area contributed by atoms with E-state index < -0.39 is 33.6 Å². The van der Waals surface area contributed by atoms with Gasteiger partial charge in [-0.05, 0) is 50.6 Å². The third-order valence-electron chi connectivity index (χ3n) is 4.89. The number of carbonyl (C=O) groups is 2. The van der Waals surface area contributed by atoms with E-state index in [-0.39, 0.29) is 22.8 Å². The van der Waals surface area contributed by atoms with Crippen molar-refractivity contribution in [2.45, 2.75) is 31.7 Å². The lowest BCUT2D eigenvalue weighted by Gasteiger charge is -2.29. The van der Waals surface area contributed by atoms with Crippen LogP contribution in [-0.4, -0.2) is 39.4 Å². The maximum atomic E-state index is 13.0. The van der Waals surface area contributed by atoms with Crippen LogP contribution in [0.4, 0.5) is 4.79 Å². The third-order valence-corrected chi connectivity index (χ3v) is 6.55. The van der Waals surface area contributed by atoms with Crippen LogP contribution in [0, 0.1) is 6.92 Å². The highest BCUT2D eigenvalue weighted by atomic mass is 32.2. The number of nitrogens with one attached hydrogen (secondary N) is 2. The normalized spacial score (nSPS) is 16.2.